The lowest BCUT2D eigenvalue weighted by Gasteiger charge is -2.65. The van der Waals surface area contributed by atoms with Crippen molar-refractivity contribution in [2.45, 2.75) is 62.0 Å². The van der Waals surface area contributed by atoms with Crippen LogP contribution in [0.2, 0.25) is 0 Å². The predicted octanol–water partition coefficient (Wildman–Crippen LogP) is -0.611. The molecule has 4 aliphatic rings. The number of carbonyl (C=O) groups is 1. The van der Waals surface area contributed by atoms with Crippen LogP contribution in [0.3, 0.4) is 0 Å². The van der Waals surface area contributed by atoms with Gasteiger partial charge in [-0.3, -0.25) is 4.79 Å². The van der Waals surface area contributed by atoms with Crippen molar-refractivity contribution < 1.29 is 31.9 Å². The first-order valence-corrected chi connectivity index (χ1v) is 10.6. The monoisotopic (exact) mass is 418 g/mol. The Balaban J connectivity index is 0.00000205. The number of likely N-dealkylation sites (N-methyl/N-ethyl adjacent to an activating group) is 1. The van der Waals surface area contributed by atoms with Gasteiger partial charge in [-0.05, 0) is 43.7 Å². The normalized spacial score (nSPS) is 37.9. The molecule has 1 amide bonds. The summed E-state index contributed by atoms with van der Waals surface area (Å²) in [4.78, 5) is 11.9. The summed E-state index contributed by atoms with van der Waals surface area (Å²) < 4.78 is 0.910. The number of aromatic hydroxyl groups is 1. The molecule has 1 aromatic rings. The lowest BCUT2D eigenvalue weighted by atomic mass is 9.48. The third-order valence-electron chi connectivity index (χ3n) is 8.39. The summed E-state index contributed by atoms with van der Waals surface area (Å²) in [5.74, 6) is 0.142. The number of nitrogens with two attached hydrogens (primary N) is 1. The van der Waals surface area contributed by atoms with Crippen molar-refractivity contribution in [3.8, 4) is 5.75 Å². The van der Waals surface area contributed by atoms with E-state index in [0.717, 1.165) is 59.5 Å². The number of phenols is 1. The van der Waals surface area contributed by atoms with Gasteiger partial charge in [-0.1, -0.05) is 18.2 Å². The quantitative estimate of drug-likeness (QED) is 0.452. The third-order valence-corrected chi connectivity index (χ3v) is 8.39. The second-order valence-electron chi connectivity index (χ2n) is 10.1. The molecule has 4 N–H and O–H groups in total. The molecular formula is C23H31ClN2O3. The Morgan fingerprint density at radius 3 is 2.72 bits per heavy atom. The van der Waals surface area contributed by atoms with E-state index < -0.39 is 16.9 Å². The van der Waals surface area contributed by atoms with E-state index in [1.165, 1.54) is 12.8 Å². The maximum Gasteiger partial charge on any atom is 0.252 e. The Kier molecular flexibility index (Phi) is 4.62. The summed E-state index contributed by atoms with van der Waals surface area (Å²) in [6.45, 7) is 6.36. The summed E-state index contributed by atoms with van der Waals surface area (Å²) in [6, 6.07) is 3.71. The number of primary amides is 1. The zero-order chi connectivity index (χ0) is 19.9. The van der Waals surface area contributed by atoms with Crippen LogP contribution in [0, 0.1) is 5.92 Å². The number of amides is 1. The topological polar surface area (TPSA) is 83.5 Å². The molecule has 1 saturated heterocycles. The van der Waals surface area contributed by atoms with Gasteiger partial charge in [0.15, 0.2) is 0 Å². The van der Waals surface area contributed by atoms with E-state index >= 15 is 0 Å². The summed E-state index contributed by atoms with van der Waals surface area (Å²) in [5.41, 5.74) is 7.17. The zero-order valence-corrected chi connectivity index (χ0v) is 17.8. The first-order valence-electron chi connectivity index (χ1n) is 10.6. The fraction of sp³-hybridized carbons (Fsp3) is 0.609. The molecule has 3 aliphatic carbocycles. The molecule has 2 bridgehead atoms. The minimum atomic E-state index is -0.892. The molecule has 29 heavy (non-hydrogen) atoms. The number of quaternary nitrogens is 1. The highest BCUT2D eigenvalue weighted by molar-refractivity contribution is 5.96. The van der Waals surface area contributed by atoms with Gasteiger partial charge in [-0.25, -0.2) is 0 Å². The van der Waals surface area contributed by atoms with Crippen LogP contribution in [0.15, 0.2) is 24.3 Å². The summed E-state index contributed by atoms with van der Waals surface area (Å²) in [6.07, 6.45) is 6.31. The van der Waals surface area contributed by atoms with Gasteiger partial charge >= 0.3 is 0 Å². The number of rotatable bonds is 3. The van der Waals surface area contributed by atoms with E-state index in [9.17, 15) is 15.0 Å². The summed E-state index contributed by atoms with van der Waals surface area (Å²) >= 11 is 0. The van der Waals surface area contributed by atoms with E-state index in [0.29, 0.717) is 12.8 Å². The molecule has 1 aromatic carbocycles. The van der Waals surface area contributed by atoms with E-state index in [2.05, 4.69) is 13.6 Å². The number of piperidine rings is 1. The molecule has 5 nitrogen and oxygen atoms in total. The Morgan fingerprint density at radius 1 is 1.34 bits per heavy atom. The fourth-order valence-electron chi connectivity index (χ4n) is 6.85. The smallest absolute Gasteiger partial charge is 0.252 e. The molecule has 2 saturated carbocycles. The van der Waals surface area contributed by atoms with Crippen LogP contribution < -0.4 is 18.1 Å². The van der Waals surface area contributed by atoms with E-state index in [1.807, 2.05) is 6.07 Å². The number of halogens is 1. The molecule has 0 spiro atoms. The van der Waals surface area contributed by atoms with Crippen molar-refractivity contribution in [3.63, 3.8) is 0 Å². The molecule has 0 aromatic heterocycles. The highest BCUT2D eigenvalue weighted by atomic mass is 35.5. The largest absolute Gasteiger partial charge is 1.00 e. The highest BCUT2D eigenvalue weighted by Gasteiger charge is 2.69. The molecule has 3 fully saturated rings. The van der Waals surface area contributed by atoms with Gasteiger partial charge in [0.2, 0.25) is 0 Å². The van der Waals surface area contributed by atoms with E-state index in [4.69, 9.17) is 5.73 Å². The van der Waals surface area contributed by atoms with Gasteiger partial charge in [-0.15, -0.1) is 0 Å². The number of aliphatic hydroxyl groups is 1. The Labute approximate surface area is 178 Å². The number of hydrogen-bond acceptors (Lipinski definition) is 3. The van der Waals surface area contributed by atoms with Gasteiger partial charge in [0, 0.05) is 29.7 Å². The van der Waals surface area contributed by atoms with Crippen LogP contribution in [0.25, 0.3) is 0 Å². The van der Waals surface area contributed by atoms with Crippen LogP contribution in [-0.2, 0) is 11.8 Å². The molecule has 6 heteroatoms. The highest BCUT2D eigenvalue weighted by Crippen LogP contribution is 2.62. The Bertz CT molecular complexity index is 898. The summed E-state index contributed by atoms with van der Waals surface area (Å²) in [7, 11) is 2.32. The number of hydrogen-bond donors (Lipinski definition) is 3. The van der Waals surface area contributed by atoms with Crippen LogP contribution >= 0.6 is 0 Å². The van der Waals surface area contributed by atoms with Crippen molar-refractivity contribution in [2.24, 2.45) is 11.7 Å². The second kappa shape index (κ2) is 6.47. The summed E-state index contributed by atoms with van der Waals surface area (Å²) in [5, 5.41) is 23.4. The van der Waals surface area contributed by atoms with Crippen molar-refractivity contribution >= 4 is 5.91 Å². The van der Waals surface area contributed by atoms with E-state index in [1.54, 1.807) is 6.07 Å². The number of benzene rings is 1. The minimum absolute atomic E-state index is 0. The number of allylic oxidation sites excluding steroid dienone is 1. The first-order chi connectivity index (χ1) is 13.2. The Morgan fingerprint density at radius 2 is 2.07 bits per heavy atom. The standard InChI is InChI=1S/C23H30N2O3.ClH/c1-14-7-8-23(28)18-11-16-5-6-17(21(24)27)20(26)19(16)22(23,12-14)9-10-25(18,2)13-15-3-4-15;/h5-6,15,18,28H,1,3-4,7-13H2,2H3,(H2-,24,26,27);1H/t18-,22-,23?,25-;/m1./s1. The SMILES string of the molecule is C=C1CCC2(O)[C@H]3Cc4ccc(C(N)=O)c(O)c4[C@@]2(CC[N@+]3(C)CC2CC2)C1.[Cl-]. The van der Waals surface area contributed by atoms with Crippen molar-refractivity contribution in [1.82, 2.24) is 0 Å². The van der Waals surface area contributed by atoms with Crippen molar-refractivity contribution in [1.29, 1.82) is 0 Å². The lowest BCUT2D eigenvalue weighted by molar-refractivity contribution is -0.950. The van der Waals surface area contributed by atoms with Crippen LogP contribution in [0.5, 0.6) is 5.75 Å². The number of nitrogens with zero attached hydrogens (tertiary/aromatic N) is 1. The van der Waals surface area contributed by atoms with Crippen LogP contribution in [-0.4, -0.2) is 52.4 Å². The fourth-order valence-corrected chi connectivity index (χ4v) is 6.85. The Hall–Kier alpha value is -1.56. The maximum atomic E-state index is 12.3. The van der Waals surface area contributed by atoms with Gasteiger partial charge < -0.3 is 32.8 Å². The number of likely N-dealkylation sites (tertiary alicyclic amines) is 1. The molecular weight excluding hydrogens is 388 g/mol. The number of fused-ring (bicyclic) bond motifs is 1. The van der Waals surface area contributed by atoms with Crippen LogP contribution in [0.4, 0.5) is 0 Å². The molecule has 1 aliphatic heterocycles. The van der Waals surface area contributed by atoms with Crippen LogP contribution in [0.1, 0.15) is 60.0 Å². The van der Waals surface area contributed by atoms with Crippen molar-refractivity contribution in [3.05, 3.63) is 41.0 Å². The lowest BCUT2D eigenvalue weighted by Crippen LogP contribution is -3.00. The molecule has 4 atom stereocenters. The predicted molar refractivity (Wildman–Crippen MR) is 107 cm³/mol. The molecule has 158 valence electrons. The van der Waals surface area contributed by atoms with E-state index in [-0.39, 0.29) is 29.8 Å². The van der Waals surface area contributed by atoms with Gasteiger partial charge in [0.05, 0.1) is 25.7 Å². The van der Waals surface area contributed by atoms with Gasteiger partial charge in [0.25, 0.3) is 5.91 Å². The average molecular weight is 419 g/mol. The molecule has 5 rings (SSSR count). The van der Waals surface area contributed by atoms with Gasteiger partial charge in [0.1, 0.15) is 17.4 Å². The average Bonchev–Trinajstić information content (AvgIpc) is 3.43. The molecule has 1 unspecified atom stereocenters. The first kappa shape index (κ1) is 20.7. The van der Waals surface area contributed by atoms with Crippen molar-refractivity contribution in [2.75, 3.05) is 20.1 Å². The third kappa shape index (κ3) is 2.70. The molecule has 1 heterocycles. The second-order valence-corrected chi connectivity index (χ2v) is 10.1. The molecule has 0 radical (unpaired) electrons. The zero-order valence-electron chi connectivity index (χ0n) is 17.1. The maximum absolute atomic E-state index is 12.3. The number of carbonyl (C=O) groups excluding carboxylic acids is 1. The van der Waals surface area contributed by atoms with Gasteiger partial charge in [-0.2, -0.15) is 0 Å². The minimum Gasteiger partial charge on any atom is -1.00 e.